The van der Waals surface area contributed by atoms with Crippen LogP contribution in [0.2, 0.25) is 0 Å². The average molecular weight is 290 g/mol. The van der Waals surface area contributed by atoms with Crippen molar-refractivity contribution < 1.29 is 14.7 Å². The van der Waals surface area contributed by atoms with Crippen LogP contribution in [0.15, 0.2) is 30.3 Å². The number of amides is 1. The first-order valence-electron chi connectivity index (χ1n) is 7.37. The van der Waals surface area contributed by atoms with Crippen LogP contribution in [0.25, 0.3) is 0 Å². The highest BCUT2D eigenvalue weighted by molar-refractivity contribution is 6.00. The summed E-state index contributed by atoms with van der Waals surface area (Å²) >= 11 is 0. The van der Waals surface area contributed by atoms with E-state index in [1.165, 1.54) is 0 Å². The van der Waals surface area contributed by atoms with Crippen LogP contribution in [0, 0.1) is 0 Å². The first-order valence-corrected chi connectivity index (χ1v) is 7.37. The maximum atomic E-state index is 12.9. The summed E-state index contributed by atoms with van der Waals surface area (Å²) in [5.41, 5.74) is 0.279. The van der Waals surface area contributed by atoms with Crippen molar-refractivity contribution in [1.29, 1.82) is 0 Å². The predicted molar refractivity (Wildman–Crippen MR) is 81.3 cm³/mol. The van der Waals surface area contributed by atoms with Crippen molar-refractivity contribution in [2.75, 3.05) is 18.0 Å². The van der Waals surface area contributed by atoms with E-state index in [2.05, 4.69) is 5.32 Å². The number of nitrogens with zero attached hydrogens (tertiary/aromatic N) is 1. The second-order valence-electron chi connectivity index (χ2n) is 5.65. The maximum absolute atomic E-state index is 12.9. The minimum atomic E-state index is -0.833. The lowest BCUT2D eigenvalue weighted by Gasteiger charge is -2.32. The molecule has 1 aliphatic heterocycles. The Morgan fingerprint density at radius 2 is 2.05 bits per heavy atom. The molecule has 5 nitrogen and oxygen atoms in total. The molecule has 1 aromatic carbocycles. The van der Waals surface area contributed by atoms with Crippen molar-refractivity contribution in [1.82, 2.24) is 5.32 Å². The Morgan fingerprint density at radius 3 is 2.62 bits per heavy atom. The van der Waals surface area contributed by atoms with Gasteiger partial charge in [0.15, 0.2) is 0 Å². The first-order chi connectivity index (χ1) is 10.0. The average Bonchev–Trinajstić information content (AvgIpc) is 2.92. The molecule has 1 fully saturated rings. The highest BCUT2D eigenvalue weighted by Crippen LogP contribution is 2.25. The third-order valence-corrected chi connectivity index (χ3v) is 3.93. The van der Waals surface area contributed by atoms with Crippen molar-refractivity contribution in [3.05, 3.63) is 30.3 Å². The molecule has 0 aromatic heterocycles. The Labute approximate surface area is 125 Å². The number of anilines is 1. The normalized spacial score (nSPS) is 21.2. The van der Waals surface area contributed by atoms with Gasteiger partial charge in [-0.05, 0) is 44.9 Å². The number of hydrogen-bond donors (Lipinski definition) is 2. The van der Waals surface area contributed by atoms with E-state index in [0.29, 0.717) is 13.0 Å². The second-order valence-corrected chi connectivity index (χ2v) is 5.65. The predicted octanol–water partition coefficient (Wildman–Crippen LogP) is 2.03. The smallest absolute Gasteiger partial charge is 0.303 e. The van der Waals surface area contributed by atoms with E-state index in [1.54, 1.807) is 4.90 Å². The zero-order valence-electron chi connectivity index (χ0n) is 12.3. The van der Waals surface area contributed by atoms with Crippen LogP contribution in [0.5, 0.6) is 0 Å². The summed E-state index contributed by atoms with van der Waals surface area (Å²) in [6, 6.07) is 9.45. The largest absolute Gasteiger partial charge is 0.481 e. The number of carbonyl (C=O) groups is 2. The Morgan fingerprint density at radius 1 is 1.33 bits per heavy atom. The molecule has 0 spiro atoms. The van der Waals surface area contributed by atoms with E-state index >= 15 is 0 Å². The number of aliphatic carboxylic acids is 1. The standard InChI is InChI=1S/C16H22N2O3/c1-16(10-6-11-17-16)15(21)18(12-5-9-14(19)20)13-7-3-2-4-8-13/h2-4,7-8,17H,5-6,9-12H2,1H3,(H,19,20). The molecule has 5 heteroatoms. The SMILES string of the molecule is CC1(C(=O)N(CCCC(=O)O)c2ccccc2)CCCN1. The molecule has 1 amide bonds. The van der Waals surface area contributed by atoms with E-state index in [0.717, 1.165) is 25.1 Å². The molecule has 0 aliphatic carbocycles. The number of hydrogen-bond acceptors (Lipinski definition) is 3. The molecule has 0 radical (unpaired) electrons. The molecule has 114 valence electrons. The quantitative estimate of drug-likeness (QED) is 0.841. The molecule has 0 bridgehead atoms. The number of rotatable bonds is 6. The molecule has 2 rings (SSSR count). The molecule has 0 saturated carbocycles. The highest BCUT2D eigenvalue weighted by atomic mass is 16.4. The van der Waals surface area contributed by atoms with Gasteiger partial charge in [0, 0.05) is 18.7 Å². The molecule has 1 unspecified atom stereocenters. The summed E-state index contributed by atoms with van der Waals surface area (Å²) in [5, 5.41) is 12.1. The van der Waals surface area contributed by atoms with Crippen molar-refractivity contribution in [2.24, 2.45) is 0 Å². The van der Waals surface area contributed by atoms with E-state index in [4.69, 9.17) is 5.11 Å². The minimum absolute atomic E-state index is 0.0246. The second kappa shape index (κ2) is 6.72. The van der Waals surface area contributed by atoms with Crippen LogP contribution in [-0.4, -0.2) is 35.6 Å². The molecule has 1 atom stereocenters. The van der Waals surface area contributed by atoms with E-state index < -0.39 is 11.5 Å². The zero-order valence-corrected chi connectivity index (χ0v) is 12.3. The topological polar surface area (TPSA) is 69.6 Å². The van der Waals surface area contributed by atoms with Gasteiger partial charge in [-0.25, -0.2) is 0 Å². The molecular weight excluding hydrogens is 268 g/mol. The van der Waals surface area contributed by atoms with Crippen molar-refractivity contribution >= 4 is 17.6 Å². The van der Waals surface area contributed by atoms with Crippen LogP contribution >= 0.6 is 0 Å². The third-order valence-electron chi connectivity index (χ3n) is 3.93. The fourth-order valence-corrected chi connectivity index (χ4v) is 2.72. The monoisotopic (exact) mass is 290 g/mol. The summed E-state index contributed by atoms with van der Waals surface area (Å²) in [7, 11) is 0. The van der Waals surface area contributed by atoms with Crippen LogP contribution < -0.4 is 10.2 Å². The van der Waals surface area contributed by atoms with Crippen molar-refractivity contribution in [3.63, 3.8) is 0 Å². The van der Waals surface area contributed by atoms with Gasteiger partial charge in [-0.3, -0.25) is 9.59 Å². The van der Waals surface area contributed by atoms with Gasteiger partial charge in [0.05, 0.1) is 5.54 Å². The van der Waals surface area contributed by atoms with Gasteiger partial charge >= 0.3 is 5.97 Å². The van der Waals surface area contributed by atoms with E-state index in [1.807, 2.05) is 37.3 Å². The van der Waals surface area contributed by atoms with Crippen LogP contribution in [-0.2, 0) is 9.59 Å². The highest BCUT2D eigenvalue weighted by Gasteiger charge is 2.39. The van der Waals surface area contributed by atoms with Crippen LogP contribution in [0.3, 0.4) is 0 Å². The van der Waals surface area contributed by atoms with Gasteiger partial charge in [0.25, 0.3) is 0 Å². The third kappa shape index (κ3) is 3.82. The van der Waals surface area contributed by atoms with E-state index in [-0.39, 0.29) is 12.3 Å². The molecular formula is C16H22N2O3. The Kier molecular flexibility index (Phi) is 4.96. The summed E-state index contributed by atoms with van der Waals surface area (Å²) in [4.78, 5) is 25.3. The minimum Gasteiger partial charge on any atom is -0.481 e. The van der Waals surface area contributed by atoms with Gasteiger partial charge in [-0.1, -0.05) is 18.2 Å². The fourth-order valence-electron chi connectivity index (χ4n) is 2.72. The van der Waals surface area contributed by atoms with Crippen molar-refractivity contribution in [3.8, 4) is 0 Å². The molecule has 1 aliphatic rings. The Balaban J connectivity index is 2.15. The number of carboxylic acid groups (broad SMARTS) is 1. The summed E-state index contributed by atoms with van der Waals surface area (Å²) < 4.78 is 0. The van der Waals surface area contributed by atoms with Crippen LogP contribution in [0.4, 0.5) is 5.69 Å². The molecule has 2 N–H and O–H groups in total. The van der Waals surface area contributed by atoms with Gasteiger partial charge < -0.3 is 15.3 Å². The summed E-state index contributed by atoms with van der Waals surface area (Å²) in [6.45, 7) is 3.20. The number of carbonyl (C=O) groups excluding carboxylic acids is 1. The fraction of sp³-hybridized carbons (Fsp3) is 0.500. The lowest BCUT2D eigenvalue weighted by Crippen LogP contribution is -2.53. The zero-order chi connectivity index (χ0) is 15.3. The summed E-state index contributed by atoms with van der Waals surface area (Å²) in [5.74, 6) is -0.808. The first kappa shape index (κ1) is 15.5. The Hall–Kier alpha value is -1.88. The maximum Gasteiger partial charge on any atom is 0.303 e. The molecule has 1 heterocycles. The number of benzene rings is 1. The van der Waals surface area contributed by atoms with Gasteiger partial charge in [0.2, 0.25) is 5.91 Å². The molecule has 1 aromatic rings. The van der Waals surface area contributed by atoms with Crippen LogP contribution in [0.1, 0.15) is 32.6 Å². The van der Waals surface area contributed by atoms with Gasteiger partial charge in [-0.15, -0.1) is 0 Å². The van der Waals surface area contributed by atoms with E-state index in [9.17, 15) is 9.59 Å². The molecule has 21 heavy (non-hydrogen) atoms. The number of carboxylic acids is 1. The number of nitrogens with one attached hydrogen (secondary N) is 1. The van der Waals surface area contributed by atoms with Crippen molar-refractivity contribution in [2.45, 2.75) is 38.1 Å². The number of para-hydroxylation sites is 1. The van der Waals surface area contributed by atoms with Gasteiger partial charge in [-0.2, -0.15) is 0 Å². The Bertz CT molecular complexity index is 496. The lowest BCUT2D eigenvalue weighted by atomic mass is 9.97. The molecule has 1 saturated heterocycles. The lowest BCUT2D eigenvalue weighted by molar-refractivity contribution is -0.137. The summed E-state index contributed by atoms with van der Waals surface area (Å²) in [6.07, 6.45) is 2.32. The van der Waals surface area contributed by atoms with Gasteiger partial charge in [0.1, 0.15) is 0 Å².